The summed E-state index contributed by atoms with van der Waals surface area (Å²) < 4.78 is 4.64. The third-order valence-electron chi connectivity index (χ3n) is 1.36. The number of hydrogen-bond donors (Lipinski definition) is 2. The third-order valence-corrected chi connectivity index (χ3v) is 1.61. The van der Waals surface area contributed by atoms with E-state index in [0.29, 0.717) is 0 Å². The Kier molecular flexibility index (Phi) is 2.51. The highest BCUT2D eigenvalue weighted by Gasteiger charge is 2.12. The van der Waals surface area contributed by atoms with Crippen LogP contribution in [0.25, 0.3) is 0 Å². The second kappa shape index (κ2) is 3.41. The van der Waals surface area contributed by atoms with Crippen molar-refractivity contribution in [3.8, 4) is 11.5 Å². The fraction of sp³-hybridized carbons (Fsp3) is 0. The highest BCUT2D eigenvalue weighted by molar-refractivity contribution is 7.10. The van der Waals surface area contributed by atoms with Crippen LogP contribution in [-0.4, -0.2) is 16.2 Å². The molecule has 0 fully saturated rings. The summed E-state index contributed by atoms with van der Waals surface area (Å²) in [4.78, 5) is 10.5. The van der Waals surface area contributed by atoms with Crippen LogP contribution in [0, 0.1) is 0 Å². The molecule has 0 aliphatic rings. The van der Waals surface area contributed by atoms with Crippen LogP contribution < -0.4 is 4.52 Å². The minimum Gasteiger partial charge on any atom is -0.504 e. The van der Waals surface area contributed by atoms with Gasteiger partial charge in [-0.2, -0.15) is 0 Å². The van der Waals surface area contributed by atoms with Gasteiger partial charge in [-0.25, -0.2) is 4.79 Å². The van der Waals surface area contributed by atoms with E-state index in [9.17, 15) is 9.90 Å². The van der Waals surface area contributed by atoms with Gasteiger partial charge in [-0.1, -0.05) is 6.07 Å². The quantitative estimate of drug-likeness (QED) is 0.682. The number of hydrogen-bond acceptors (Lipinski definition) is 3. The van der Waals surface area contributed by atoms with E-state index in [1.165, 1.54) is 18.2 Å². The molecule has 1 atom stereocenters. The van der Waals surface area contributed by atoms with Gasteiger partial charge in [0.25, 0.3) is 0 Å². The fourth-order valence-electron chi connectivity index (χ4n) is 0.790. The molecule has 2 N–H and O–H groups in total. The Hall–Kier alpha value is -1.28. The van der Waals surface area contributed by atoms with Gasteiger partial charge in [-0.3, -0.25) is 0 Å². The molecule has 0 aliphatic heterocycles. The molecule has 0 aliphatic carbocycles. The van der Waals surface area contributed by atoms with Gasteiger partial charge in [0, 0.05) is 0 Å². The smallest absolute Gasteiger partial charge is 0.339 e. The van der Waals surface area contributed by atoms with E-state index >= 15 is 0 Å². The van der Waals surface area contributed by atoms with Crippen LogP contribution in [0.3, 0.4) is 0 Å². The number of carboxylic acid groups (broad SMARTS) is 1. The van der Waals surface area contributed by atoms with Crippen LogP contribution in [-0.2, 0) is 0 Å². The van der Waals surface area contributed by atoms with Gasteiger partial charge in [-0.05, 0) is 12.1 Å². The lowest BCUT2D eigenvalue weighted by molar-refractivity contribution is 0.0693. The first kappa shape index (κ1) is 8.81. The Morgan fingerprint density at radius 3 is 2.67 bits per heavy atom. The number of carboxylic acids is 1. The normalized spacial score (nSPS) is 9.42. The topological polar surface area (TPSA) is 66.8 Å². The molecule has 0 aromatic heterocycles. The minimum atomic E-state index is -1.18. The zero-order valence-electron chi connectivity index (χ0n) is 6.02. The largest absolute Gasteiger partial charge is 0.504 e. The molecule has 0 radical (unpaired) electrons. The maximum atomic E-state index is 10.5. The number of para-hydroxylation sites is 1. The van der Waals surface area contributed by atoms with Crippen molar-refractivity contribution in [3.05, 3.63) is 23.8 Å². The zero-order chi connectivity index (χ0) is 9.14. The molecule has 5 heteroatoms. The van der Waals surface area contributed by atoms with Crippen molar-refractivity contribution in [1.29, 1.82) is 0 Å². The zero-order valence-corrected chi connectivity index (χ0v) is 7.18. The predicted octanol–water partition coefficient (Wildman–Crippen LogP) is 1.26. The van der Waals surface area contributed by atoms with Crippen molar-refractivity contribution in [2.45, 2.75) is 0 Å². The van der Waals surface area contributed by atoms with Gasteiger partial charge in [0.1, 0.15) is 5.56 Å². The molecule has 0 saturated carbocycles. The van der Waals surface area contributed by atoms with Gasteiger partial charge < -0.3 is 14.7 Å². The lowest BCUT2D eigenvalue weighted by Gasteiger charge is -2.03. The lowest BCUT2D eigenvalue weighted by Crippen LogP contribution is -1.96. The van der Waals surface area contributed by atoms with Crippen molar-refractivity contribution < 1.29 is 19.5 Å². The Labute approximate surface area is 71.1 Å². The highest BCUT2D eigenvalue weighted by atomic mass is 31.0. The van der Waals surface area contributed by atoms with Crippen molar-refractivity contribution in [1.82, 2.24) is 0 Å². The van der Waals surface area contributed by atoms with Gasteiger partial charge in [0.05, 0.1) is 9.47 Å². The van der Waals surface area contributed by atoms with Gasteiger partial charge in [0.15, 0.2) is 11.5 Å². The molecular weight excluding hydrogens is 179 g/mol. The molecule has 12 heavy (non-hydrogen) atoms. The van der Waals surface area contributed by atoms with Crippen LogP contribution in [0.1, 0.15) is 10.4 Å². The molecule has 4 nitrogen and oxygen atoms in total. The van der Waals surface area contributed by atoms with Crippen molar-refractivity contribution >= 4 is 15.4 Å². The summed E-state index contributed by atoms with van der Waals surface area (Å²) in [6, 6.07) is 4.25. The Bertz CT molecular complexity index is 310. The van der Waals surface area contributed by atoms with Crippen LogP contribution in [0.2, 0.25) is 0 Å². The first-order valence-electron chi connectivity index (χ1n) is 3.09. The first-order chi connectivity index (χ1) is 5.66. The van der Waals surface area contributed by atoms with Crippen molar-refractivity contribution in [2.24, 2.45) is 0 Å². The Morgan fingerprint density at radius 1 is 1.50 bits per heavy atom. The molecule has 0 heterocycles. The third kappa shape index (κ3) is 1.48. The van der Waals surface area contributed by atoms with Crippen LogP contribution in [0.5, 0.6) is 11.5 Å². The summed E-state index contributed by atoms with van der Waals surface area (Å²) in [5, 5.41) is 17.8. The summed E-state index contributed by atoms with van der Waals surface area (Å²) in [5.74, 6) is -1.42. The number of phenols is 1. The Balaban J connectivity index is 3.23. The lowest BCUT2D eigenvalue weighted by atomic mass is 10.2. The number of carbonyl (C=O) groups is 1. The SMILES string of the molecule is O=C(O)c1cccc(OP)c1O. The summed E-state index contributed by atoms with van der Waals surface area (Å²) in [7, 11) is 1.93. The molecule has 0 amide bonds. The number of benzene rings is 1. The van der Waals surface area contributed by atoms with Crippen molar-refractivity contribution in [2.75, 3.05) is 0 Å². The van der Waals surface area contributed by atoms with Gasteiger partial charge in [0.2, 0.25) is 0 Å². The molecule has 1 aromatic carbocycles. The van der Waals surface area contributed by atoms with Gasteiger partial charge in [-0.15, -0.1) is 0 Å². The maximum absolute atomic E-state index is 10.5. The molecule has 64 valence electrons. The standard InChI is InChI=1S/C7H7O4P/c8-6-4(7(9)10)2-1-3-5(6)11-12/h1-3,8H,12H2,(H,9,10). The summed E-state index contributed by atoms with van der Waals surface area (Å²) in [6.07, 6.45) is 0. The van der Waals surface area contributed by atoms with E-state index in [2.05, 4.69) is 4.52 Å². The minimum absolute atomic E-state index is 0.125. The van der Waals surface area contributed by atoms with Crippen LogP contribution in [0.4, 0.5) is 0 Å². The van der Waals surface area contributed by atoms with Gasteiger partial charge >= 0.3 is 5.97 Å². The van der Waals surface area contributed by atoms with E-state index in [0.717, 1.165) is 0 Å². The predicted molar refractivity (Wildman–Crippen MR) is 45.4 cm³/mol. The molecule has 1 unspecified atom stereocenters. The van der Waals surface area contributed by atoms with E-state index in [4.69, 9.17) is 5.11 Å². The fourth-order valence-corrected chi connectivity index (χ4v) is 0.980. The van der Waals surface area contributed by atoms with Crippen molar-refractivity contribution in [3.63, 3.8) is 0 Å². The molecule has 0 spiro atoms. The molecule has 0 bridgehead atoms. The summed E-state index contributed by atoms with van der Waals surface area (Å²) in [5.41, 5.74) is -0.171. The average Bonchev–Trinajstić information content (AvgIpc) is 2.04. The second-order valence-corrected chi connectivity index (χ2v) is 2.31. The summed E-state index contributed by atoms with van der Waals surface area (Å²) >= 11 is 0. The van der Waals surface area contributed by atoms with E-state index in [1.807, 2.05) is 9.47 Å². The van der Waals surface area contributed by atoms with E-state index in [-0.39, 0.29) is 17.1 Å². The Morgan fingerprint density at radius 2 is 2.17 bits per heavy atom. The van der Waals surface area contributed by atoms with E-state index < -0.39 is 5.97 Å². The number of aromatic hydroxyl groups is 1. The number of rotatable bonds is 2. The molecular formula is C7H7O4P. The second-order valence-electron chi connectivity index (χ2n) is 2.08. The number of aromatic carboxylic acids is 1. The average molecular weight is 186 g/mol. The van der Waals surface area contributed by atoms with E-state index in [1.54, 1.807) is 0 Å². The monoisotopic (exact) mass is 186 g/mol. The highest BCUT2D eigenvalue weighted by Crippen LogP contribution is 2.30. The maximum Gasteiger partial charge on any atom is 0.339 e. The van der Waals surface area contributed by atoms with Crippen LogP contribution in [0.15, 0.2) is 18.2 Å². The first-order valence-corrected chi connectivity index (χ1v) is 3.56. The molecule has 1 aromatic rings. The van der Waals surface area contributed by atoms with Crippen LogP contribution >= 0.6 is 9.47 Å². The molecule has 1 rings (SSSR count). The summed E-state index contributed by atoms with van der Waals surface area (Å²) in [6.45, 7) is 0. The molecule has 0 saturated heterocycles.